The van der Waals surface area contributed by atoms with Crippen molar-refractivity contribution in [3.63, 3.8) is 0 Å². The lowest BCUT2D eigenvalue weighted by atomic mass is 10.1. The topological polar surface area (TPSA) is 18.5 Å². The minimum absolute atomic E-state index is 0.0502. The zero-order chi connectivity index (χ0) is 25.3. The van der Waals surface area contributed by atoms with Gasteiger partial charge in [-0.25, -0.2) is 0 Å². The van der Waals surface area contributed by atoms with Gasteiger partial charge in [0.05, 0.1) is 0 Å². The molecule has 0 amide bonds. The lowest BCUT2D eigenvalue weighted by molar-refractivity contribution is 0.193. The van der Waals surface area contributed by atoms with Crippen LogP contribution in [0.15, 0.2) is 127 Å². The number of para-hydroxylation sites is 1. The van der Waals surface area contributed by atoms with Gasteiger partial charge in [-0.05, 0) is 39.2 Å². The zero-order valence-corrected chi connectivity index (χ0v) is 22.5. The third-order valence-electron chi connectivity index (χ3n) is 6.47. The number of rotatable bonds is 10. The van der Waals surface area contributed by atoms with Gasteiger partial charge in [0, 0.05) is 13.0 Å². The molecule has 4 rings (SSSR count). The molecule has 0 aliphatic carbocycles. The molecule has 0 N–H and O–H groups in total. The Morgan fingerprint density at radius 2 is 1.14 bits per heavy atom. The molecule has 0 saturated carbocycles. The summed E-state index contributed by atoms with van der Waals surface area (Å²) in [6, 6.07) is 42.0. The molecule has 0 aliphatic rings. The van der Waals surface area contributed by atoms with Crippen molar-refractivity contribution in [3.8, 4) is 5.75 Å². The molecule has 4 aromatic rings. The van der Waals surface area contributed by atoms with E-state index in [0.717, 1.165) is 17.7 Å². The normalized spacial score (nSPS) is 13.0. The maximum Gasteiger partial charge on any atom is 0.261 e. The van der Waals surface area contributed by atoms with E-state index >= 15 is 0 Å². The van der Waals surface area contributed by atoms with Crippen LogP contribution in [0.4, 0.5) is 0 Å². The van der Waals surface area contributed by atoms with E-state index in [9.17, 15) is 0 Å². The molecule has 3 heteroatoms. The van der Waals surface area contributed by atoms with Crippen LogP contribution in [0.1, 0.15) is 32.8 Å². The Bertz CT molecular complexity index is 1160. The molecule has 4 aromatic carbocycles. The first-order valence-electron chi connectivity index (χ1n) is 12.7. The van der Waals surface area contributed by atoms with E-state index in [1.807, 2.05) is 36.4 Å². The van der Waals surface area contributed by atoms with Crippen LogP contribution in [-0.4, -0.2) is 21.0 Å². The second kappa shape index (κ2) is 12.0. The van der Waals surface area contributed by atoms with E-state index in [1.165, 1.54) is 10.4 Å². The minimum atomic E-state index is -2.57. The predicted octanol–water partition coefficient (Wildman–Crippen LogP) is 7.11. The van der Waals surface area contributed by atoms with Gasteiger partial charge in [-0.3, -0.25) is 0 Å². The molecule has 36 heavy (non-hydrogen) atoms. The highest BCUT2D eigenvalue weighted by atomic mass is 28.4. The third kappa shape index (κ3) is 6.23. The monoisotopic (exact) mass is 492 g/mol. The van der Waals surface area contributed by atoms with Gasteiger partial charge in [0.25, 0.3) is 8.32 Å². The minimum Gasteiger partial charge on any atom is -0.486 e. The summed E-state index contributed by atoms with van der Waals surface area (Å²) in [7, 11) is -2.57. The first-order chi connectivity index (χ1) is 17.5. The second-order valence-electron chi connectivity index (χ2n) is 10.0. The fourth-order valence-electron chi connectivity index (χ4n) is 4.74. The van der Waals surface area contributed by atoms with Gasteiger partial charge >= 0.3 is 0 Å². The standard InChI is InChI=1S/C33H36O2Si/c1-33(2,3)36(31-20-12-6-13-21-31,32-22-14-7-15-23-32)34-27-26-30(35-29-18-10-5-11-19-29)25-24-28-16-8-4-9-17-28/h4-25,30H,26-27H2,1-3H3/b25-24+/t30-/m0/s1. The zero-order valence-electron chi connectivity index (χ0n) is 21.5. The van der Waals surface area contributed by atoms with Crippen molar-refractivity contribution in [2.24, 2.45) is 0 Å². The van der Waals surface area contributed by atoms with Crippen LogP contribution in [-0.2, 0) is 4.43 Å². The summed E-state index contributed by atoms with van der Waals surface area (Å²) in [5.74, 6) is 0.866. The smallest absolute Gasteiger partial charge is 0.261 e. The highest BCUT2D eigenvalue weighted by molar-refractivity contribution is 6.99. The SMILES string of the molecule is CC(C)(C)[Si](OCC[C@H](/C=C/c1ccccc1)Oc1ccccc1)(c1ccccc1)c1ccccc1. The number of ether oxygens (including phenoxy) is 1. The maximum absolute atomic E-state index is 7.11. The molecule has 0 radical (unpaired) electrons. The van der Waals surface area contributed by atoms with Crippen LogP contribution < -0.4 is 15.1 Å². The summed E-state index contributed by atoms with van der Waals surface area (Å²) in [6.45, 7) is 7.54. The van der Waals surface area contributed by atoms with E-state index in [2.05, 4.69) is 118 Å². The van der Waals surface area contributed by atoms with Crippen molar-refractivity contribution in [1.29, 1.82) is 0 Å². The van der Waals surface area contributed by atoms with Crippen molar-refractivity contribution in [2.75, 3.05) is 6.61 Å². The molecule has 0 aliphatic heterocycles. The third-order valence-corrected chi connectivity index (χ3v) is 11.5. The first-order valence-corrected chi connectivity index (χ1v) is 14.6. The highest BCUT2D eigenvalue weighted by Crippen LogP contribution is 2.37. The Kier molecular flexibility index (Phi) is 8.58. The predicted molar refractivity (Wildman–Crippen MR) is 155 cm³/mol. The molecule has 1 atom stereocenters. The molecule has 0 fully saturated rings. The Morgan fingerprint density at radius 1 is 0.667 bits per heavy atom. The molecule has 0 saturated heterocycles. The van der Waals surface area contributed by atoms with E-state index < -0.39 is 8.32 Å². The average molecular weight is 493 g/mol. The van der Waals surface area contributed by atoms with Gasteiger partial charge in [-0.15, -0.1) is 0 Å². The summed E-state index contributed by atoms with van der Waals surface area (Å²) in [5, 5.41) is 2.54. The molecular weight excluding hydrogens is 456 g/mol. The molecule has 0 heterocycles. The fraction of sp³-hybridized carbons (Fsp3) is 0.212. The number of hydrogen-bond donors (Lipinski definition) is 0. The second-order valence-corrected chi connectivity index (χ2v) is 14.3. The maximum atomic E-state index is 7.11. The molecule has 0 aromatic heterocycles. The lowest BCUT2D eigenvalue weighted by Gasteiger charge is -2.43. The van der Waals surface area contributed by atoms with Crippen molar-refractivity contribution in [3.05, 3.63) is 133 Å². The Balaban J connectivity index is 1.61. The molecule has 2 nitrogen and oxygen atoms in total. The first kappa shape index (κ1) is 25.7. The quantitative estimate of drug-likeness (QED) is 0.220. The van der Waals surface area contributed by atoms with Crippen LogP contribution in [0, 0.1) is 0 Å². The molecular formula is C33H36O2Si. The average Bonchev–Trinajstić information content (AvgIpc) is 2.91. The van der Waals surface area contributed by atoms with Crippen molar-refractivity contribution in [1.82, 2.24) is 0 Å². The van der Waals surface area contributed by atoms with Crippen molar-refractivity contribution < 1.29 is 9.16 Å². The molecule has 0 unspecified atom stereocenters. The summed E-state index contributed by atoms with van der Waals surface area (Å²) in [5.41, 5.74) is 1.16. The molecule has 184 valence electrons. The van der Waals surface area contributed by atoms with Gasteiger partial charge < -0.3 is 9.16 Å². The van der Waals surface area contributed by atoms with E-state index in [0.29, 0.717) is 6.61 Å². The van der Waals surface area contributed by atoms with Crippen LogP contribution in [0.2, 0.25) is 5.04 Å². The summed E-state index contributed by atoms with van der Waals surface area (Å²) in [4.78, 5) is 0. The van der Waals surface area contributed by atoms with Crippen LogP contribution in [0.25, 0.3) is 6.08 Å². The Morgan fingerprint density at radius 3 is 1.64 bits per heavy atom. The Labute approximate surface area is 217 Å². The van der Waals surface area contributed by atoms with Gasteiger partial charge in [-0.1, -0.05) is 136 Å². The van der Waals surface area contributed by atoms with Crippen LogP contribution in [0.5, 0.6) is 5.75 Å². The van der Waals surface area contributed by atoms with E-state index in [-0.39, 0.29) is 11.1 Å². The van der Waals surface area contributed by atoms with Crippen molar-refractivity contribution in [2.45, 2.75) is 38.3 Å². The largest absolute Gasteiger partial charge is 0.486 e. The van der Waals surface area contributed by atoms with E-state index in [4.69, 9.17) is 9.16 Å². The fourth-order valence-corrected chi connectivity index (χ4v) is 9.32. The van der Waals surface area contributed by atoms with Crippen LogP contribution in [0.3, 0.4) is 0 Å². The number of hydrogen-bond acceptors (Lipinski definition) is 2. The van der Waals surface area contributed by atoms with Crippen LogP contribution >= 0.6 is 0 Å². The van der Waals surface area contributed by atoms with Crippen molar-refractivity contribution >= 4 is 24.8 Å². The highest BCUT2D eigenvalue weighted by Gasteiger charge is 2.50. The van der Waals surface area contributed by atoms with Gasteiger partial charge in [0.15, 0.2) is 0 Å². The van der Waals surface area contributed by atoms with E-state index in [1.54, 1.807) is 0 Å². The molecule has 0 spiro atoms. The van der Waals surface area contributed by atoms with Gasteiger partial charge in [0.2, 0.25) is 0 Å². The van der Waals surface area contributed by atoms with Gasteiger partial charge in [0.1, 0.15) is 11.9 Å². The number of benzene rings is 4. The summed E-state index contributed by atoms with van der Waals surface area (Å²) >= 11 is 0. The van der Waals surface area contributed by atoms with Gasteiger partial charge in [-0.2, -0.15) is 0 Å². The molecule has 0 bridgehead atoms. The Hall–Kier alpha value is -3.40. The summed E-state index contributed by atoms with van der Waals surface area (Å²) in [6.07, 6.45) is 4.93. The summed E-state index contributed by atoms with van der Waals surface area (Å²) < 4.78 is 13.5. The lowest BCUT2D eigenvalue weighted by Crippen LogP contribution is -2.66.